The van der Waals surface area contributed by atoms with Crippen molar-refractivity contribution in [1.29, 1.82) is 0 Å². The van der Waals surface area contributed by atoms with Gasteiger partial charge in [0.1, 0.15) is 0 Å². The molecule has 1 aromatic rings. The molecule has 2 nitrogen and oxygen atoms in total. The molecule has 0 spiro atoms. The SMILES string of the molecule is CCCCC(CC)(CCl)Cc1cnn(CC)c1. The van der Waals surface area contributed by atoms with Crippen LogP contribution in [0, 0.1) is 5.41 Å². The van der Waals surface area contributed by atoms with Crippen molar-refractivity contribution in [3.8, 4) is 0 Å². The van der Waals surface area contributed by atoms with Crippen LogP contribution in [0.3, 0.4) is 0 Å². The van der Waals surface area contributed by atoms with Crippen molar-refractivity contribution in [2.24, 2.45) is 5.41 Å². The van der Waals surface area contributed by atoms with Crippen LogP contribution in [-0.2, 0) is 13.0 Å². The van der Waals surface area contributed by atoms with E-state index < -0.39 is 0 Å². The maximum atomic E-state index is 6.22. The maximum absolute atomic E-state index is 6.22. The van der Waals surface area contributed by atoms with Crippen molar-refractivity contribution in [2.75, 3.05) is 5.88 Å². The van der Waals surface area contributed by atoms with Crippen LogP contribution in [0.1, 0.15) is 52.0 Å². The highest BCUT2D eigenvalue weighted by molar-refractivity contribution is 6.18. The van der Waals surface area contributed by atoms with E-state index >= 15 is 0 Å². The molecule has 0 aliphatic rings. The van der Waals surface area contributed by atoms with E-state index in [0.29, 0.717) is 0 Å². The van der Waals surface area contributed by atoms with Crippen LogP contribution < -0.4 is 0 Å². The van der Waals surface area contributed by atoms with E-state index in [1.165, 1.54) is 24.8 Å². The van der Waals surface area contributed by atoms with Crippen LogP contribution in [0.15, 0.2) is 12.4 Å². The van der Waals surface area contributed by atoms with Gasteiger partial charge < -0.3 is 0 Å². The van der Waals surface area contributed by atoms with E-state index in [9.17, 15) is 0 Å². The third kappa shape index (κ3) is 4.02. The van der Waals surface area contributed by atoms with Crippen molar-refractivity contribution in [3.05, 3.63) is 18.0 Å². The Balaban J connectivity index is 2.70. The highest BCUT2D eigenvalue weighted by Crippen LogP contribution is 2.34. The summed E-state index contributed by atoms with van der Waals surface area (Å²) in [5.41, 5.74) is 1.59. The number of hydrogen-bond donors (Lipinski definition) is 0. The van der Waals surface area contributed by atoms with Crippen LogP contribution in [0.4, 0.5) is 0 Å². The van der Waals surface area contributed by atoms with Gasteiger partial charge in [-0.15, -0.1) is 11.6 Å². The second-order valence-electron chi connectivity index (χ2n) is 4.97. The van der Waals surface area contributed by atoms with Gasteiger partial charge in [-0.1, -0.05) is 26.7 Å². The second-order valence-corrected chi connectivity index (χ2v) is 5.24. The minimum atomic E-state index is 0.263. The Labute approximate surface area is 110 Å². The summed E-state index contributed by atoms with van der Waals surface area (Å²) >= 11 is 6.22. The Hall–Kier alpha value is -0.500. The summed E-state index contributed by atoms with van der Waals surface area (Å²) in [6.07, 6.45) is 10.1. The fourth-order valence-electron chi connectivity index (χ4n) is 2.25. The molecule has 0 aliphatic heterocycles. The highest BCUT2D eigenvalue weighted by atomic mass is 35.5. The number of alkyl halides is 1. The standard InChI is InChI=1S/C14H25ClN2/c1-4-7-8-14(5-2,12-15)9-13-10-16-17(6-3)11-13/h10-11H,4-9,12H2,1-3H3. The van der Waals surface area contributed by atoms with Crippen molar-refractivity contribution in [2.45, 2.75) is 59.4 Å². The molecular weight excluding hydrogens is 232 g/mol. The Morgan fingerprint density at radius 2 is 2.12 bits per heavy atom. The smallest absolute Gasteiger partial charge is 0.0521 e. The average Bonchev–Trinajstić information content (AvgIpc) is 2.82. The topological polar surface area (TPSA) is 17.8 Å². The molecule has 1 heterocycles. The summed E-state index contributed by atoms with van der Waals surface area (Å²) in [5, 5.41) is 4.34. The van der Waals surface area contributed by atoms with Gasteiger partial charge in [0.15, 0.2) is 0 Å². The Bertz CT molecular complexity index is 316. The fourth-order valence-corrected chi connectivity index (χ4v) is 2.67. The van der Waals surface area contributed by atoms with Crippen molar-refractivity contribution in [3.63, 3.8) is 0 Å². The number of aryl methyl sites for hydroxylation is 1. The van der Waals surface area contributed by atoms with E-state index in [1.807, 2.05) is 10.9 Å². The van der Waals surface area contributed by atoms with Crippen LogP contribution in [0.5, 0.6) is 0 Å². The summed E-state index contributed by atoms with van der Waals surface area (Å²) < 4.78 is 1.99. The van der Waals surface area contributed by atoms with Crippen LogP contribution in [0.2, 0.25) is 0 Å². The van der Waals surface area contributed by atoms with E-state index in [1.54, 1.807) is 0 Å². The molecule has 0 bridgehead atoms. The van der Waals surface area contributed by atoms with Crippen molar-refractivity contribution in [1.82, 2.24) is 9.78 Å². The van der Waals surface area contributed by atoms with Gasteiger partial charge in [-0.25, -0.2) is 0 Å². The van der Waals surface area contributed by atoms with Gasteiger partial charge in [0.25, 0.3) is 0 Å². The van der Waals surface area contributed by atoms with Gasteiger partial charge in [0.2, 0.25) is 0 Å². The summed E-state index contributed by atoms with van der Waals surface area (Å²) in [6, 6.07) is 0. The number of unbranched alkanes of at least 4 members (excludes halogenated alkanes) is 1. The zero-order chi connectivity index (χ0) is 12.7. The summed E-state index contributed by atoms with van der Waals surface area (Å²) in [4.78, 5) is 0. The van der Waals surface area contributed by atoms with E-state index in [0.717, 1.165) is 25.3 Å². The normalized spacial score (nSPS) is 14.8. The number of rotatable bonds is 8. The number of hydrogen-bond acceptors (Lipinski definition) is 1. The monoisotopic (exact) mass is 256 g/mol. The molecule has 1 unspecified atom stereocenters. The van der Waals surface area contributed by atoms with Crippen molar-refractivity contribution >= 4 is 11.6 Å². The van der Waals surface area contributed by atoms with E-state index in [-0.39, 0.29) is 5.41 Å². The third-order valence-corrected chi connectivity index (χ3v) is 4.25. The lowest BCUT2D eigenvalue weighted by Crippen LogP contribution is -2.25. The Morgan fingerprint density at radius 3 is 2.59 bits per heavy atom. The van der Waals surface area contributed by atoms with Gasteiger partial charge in [-0.2, -0.15) is 5.10 Å². The predicted octanol–water partition coefficient (Wildman–Crippen LogP) is 4.27. The first-order valence-electron chi connectivity index (χ1n) is 6.77. The van der Waals surface area contributed by atoms with Crippen LogP contribution in [0.25, 0.3) is 0 Å². The minimum absolute atomic E-state index is 0.263. The zero-order valence-corrected chi connectivity index (χ0v) is 12.1. The van der Waals surface area contributed by atoms with Gasteiger partial charge in [0, 0.05) is 18.6 Å². The lowest BCUT2D eigenvalue weighted by Gasteiger charge is -2.30. The molecular formula is C14H25ClN2. The maximum Gasteiger partial charge on any atom is 0.0521 e. The lowest BCUT2D eigenvalue weighted by atomic mass is 9.77. The van der Waals surface area contributed by atoms with Gasteiger partial charge in [-0.05, 0) is 37.2 Å². The average molecular weight is 257 g/mol. The minimum Gasteiger partial charge on any atom is -0.273 e. The molecule has 0 aliphatic carbocycles. The van der Waals surface area contributed by atoms with Crippen LogP contribution >= 0.6 is 11.6 Å². The first kappa shape index (κ1) is 14.6. The highest BCUT2D eigenvalue weighted by Gasteiger charge is 2.27. The van der Waals surface area contributed by atoms with Gasteiger partial charge in [-0.3, -0.25) is 4.68 Å². The Kier molecular flexibility index (Phi) is 6.04. The summed E-state index contributed by atoms with van der Waals surface area (Å²) in [5.74, 6) is 0.751. The van der Waals surface area contributed by atoms with Crippen LogP contribution in [-0.4, -0.2) is 15.7 Å². The zero-order valence-electron chi connectivity index (χ0n) is 11.4. The molecule has 1 atom stereocenters. The molecule has 1 aromatic heterocycles. The molecule has 0 saturated carbocycles. The molecule has 98 valence electrons. The molecule has 0 radical (unpaired) electrons. The number of halogens is 1. The van der Waals surface area contributed by atoms with Gasteiger partial charge in [0.05, 0.1) is 6.20 Å². The first-order valence-corrected chi connectivity index (χ1v) is 7.30. The number of nitrogens with zero attached hydrogens (tertiary/aromatic N) is 2. The lowest BCUT2D eigenvalue weighted by molar-refractivity contribution is 0.279. The number of aromatic nitrogens is 2. The molecule has 0 N–H and O–H groups in total. The third-order valence-electron chi connectivity index (χ3n) is 3.68. The molecule has 0 saturated heterocycles. The molecule has 0 fully saturated rings. The molecule has 1 rings (SSSR count). The quantitative estimate of drug-likeness (QED) is 0.635. The van der Waals surface area contributed by atoms with Gasteiger partial charge >= 0.3 is 0 Å². The van der Waals surface area contributed by atoms with E-state index in [4.69, 9.17) is 11.6 Å². The van der Waals surface area contributed by atoms with E-state index in [2.05, 4.69) is 32.1 Å². The largest absolute Gasteiger partial charge is 0.273 e. The molecule has 0 amide bonds. The predicted molar refractivity (Wildman–Crippen MR) is 74.6 cm³/mol. The summed E-state index contributed by atoms with van der Waals surface area (Å²) in [7, 11) is 0. The second kappa shape index (κ2) is 7.05. The van der Waals surface area contributed by atoms with Crippen molar-refractivity contribution < 1.29 is 0 Å². The first-order chi connectivity index (χ1) is 8.19. The molecule has 17 heavy (non-hydrogen) atoms. The molecule has 3 heteroatoms. The fraction of sp³-hybridized carbons (Fsp3) is 0.786. The summed E-state index contributed by atoms with van der Waals surface area (Å²) in [6.45, 7) is 7.55. The molecule has 0 aromatic carbocycles. The Morgan fingerprint density at radius 1 is 1.35 bits per heavy atom.